The standard InChI is InChI=1S/C18H20N2/c1-11(2)14-5-7-15(8-6-14)18-19-16-10-12(3)9-13(4)17(16)20-18/h5-11H,1-4H3,(H,19,20). The van der Waals surface area contributed by atoms with Gasteiger partial charge in [-0.25, -0.2) is 4.98 Å². The van der Waals surface area contributed by atoms with Crippen LogP contribution in [0.2, 0.25) is 0 Å². The van der Waals surface area contributed by atoms with Gasteiger partial charge >= 0.3 is 0 Å². The molecule has 0 aliphatic heterocycles. The highest BCUT2D eigenvalue weighted by Gasteiger charge is 2.08. The Labute approximate surface area is 119 Å². The van der Waals surface area contributed by atoms with E-state index in [-0.39, 0.29) is 0 Å². The number of aromatic amines is 1. The lowest BCUT2D eigenvalue weighted by Gasteiger charge is -2.05. The van der Waals surface area contributed by atoms with Gasteiger partial charge in [-0.2, -0.15) is 0 Å². The number of nitrogens with zero attached hydrogens (tertiary/aromatic N) is 1. The Kier molecular flexibility index (Phi) is 3.09. The van der Waals surface area contributed by atoms with Crippen LogP contribution in [-0.2, 0) is 0 Å². The SMILES string of the molecule is Cc1cc(C)c2nc(-c3ccc(C(C)C)cc3)[nH]c2c1. The molecule has 20 heavy (non-hydrogen) atoms. The first kappa shape index (κ1) is 12.9. The van der Waals surface area contributed by atoms with Crippen LogP contribution in [0.1, 0.15) is 36.5 Å². The molecule has 3 rings (SSSR count). The maximum absolute atomic E-state index is 4.74. The molecule has 0 saturated carbocycles. The average molecular weight is 264 g/mol. The molecule has 0 saturated heterocycles. The van der Waals surface area contributed by atoms with Crippen LogP contribution in [0.5, 0.6) is 0 Å². The summed E-state index contributed by atoms with van der Waals surface area (Å²) in [6, 6.07) is 13.0. The van der Waals surface area contributed by atoms with Crippen molar-refractivity contribution in [2.75, 3.05) is 0 Å². The highest BCUT2D eigenvalue weighted by Crippen LogP contribution is 2.25. The fraction of sp³-hybridized carbons (Fsp3) is 0.278. The van der Waals surface area contributed by atoms with Crippen LogP contribution in [0.4, 0.5) is 0 Å². The molecule has 1 N–H and O–H groups in total. The van der Waals surface area contributed by atoms with Crippen molar-refractivity contribution in [1.29, 1.82) is 0 Å². The molecular formula is C18H20N2. The zero-order valence-corrected chi connectivity index (χ0v) is 12.5. The van der Waals surface area contributed by atoms with Gasteiger partial charge in [0.15, 0.2) is 0 Å². The second-order valence-electron chi connectivity index (χ2n) is 5.84. The molecule has 0 bridgehead atoms. The number of aryl methyl sites for hydroxylation is 2. The Morgan fingerprint density at radius 1 is 1.00 bits per heavy atom. The molecule has 1 heterocycles. The van der Waals surface area contributed by atoms with E-state index >= 15 is 0 Å². The Balaban J connectivity index is 2.08. The number of hydrogen-bond donors (Lipinski definition) is 1. The lowest BCUT2D eigenvalue weighted by molar-refractivity contribution is 0.867. The minimum absolute atomic E-state index is 0.560. The van der Waals surface area contributed by atoms with Gasteiger partial charge in [0, 0.05) is 5.56 Å². The third-order valence-electron chi connectivity index (χ3n) is 3.77. The summed E-state index contributed by atoms with van der Waals surface area (Å²) in [4.78, 5) is 8.17. The van der Waals surface area contributed by atoms with Gasteiger partial charge in [-0.3, -0.25) is 0 Å². The molecule has 2 nitrogen and oxygen atoms in total. The lowest BCUT2D eigenvalue weighted by Crippen LogP contribution is -1.87. The fourth-order valence-electron chi connectivity index (χ4n) is 2.63. The van der Waals surface area contributed by atoms with E-state index in [0.717, 1.165) is 22.4 Å². The average Bonchev–Trinajstić information content (AvgIpc) is 2.83. The number of nitrogens with one attached hydrogen (secondary N) is 1. The number of rotatable bonds is 2. The zero-order valence-electron chi connectivity index (χ0n) is 12.5. The maximum atomic E-state index is 4.74. The third-order valence-corrected chi connectivity index (χ3v) is 3.77. The Morgan fingerprint density at radius 3 is 2.35 bits per heavy atom. The predicted octanol–water partition coefficient (Wildman–Crippen LogP) is 4.97. The first-order valence-corrected chi connectivity index (χ1v) is 7.12. The molecule has 0 amide bonds. The lowest BCUT2D eigenvalue weighted by atomic mass is 10.0. The number of aromatic nitrogens is 2. The van der Waals surface area contributed by atoms with E-state index in [9.17, 15) is 0 Å². The van der Waals surface area contributed by atoms with Crippen LogP contribution in [0.3, 0.4) is 0 Å². The van der Waals surface area contributed by atoms with E-state index in [1.165, 1.54) is 16.7 Å². The van der Waals surface area contributed by atoms with Crippen LogP contribution < -0.4 is 0 Å². The summed E-state index contributed by atoms with van der Waals surface area (Å²) in [6.07, 6.45) is 0. The molecule has 0 spiro atoms. The van der Waals surface area contributed by atoms with Gasteiger partial charge in [0.25, 0.3) is 0 Å². The molecule has 102 valence electrons. The largest absolute Gasteiger partial charge is 0.338 e. The van der Waals surface area contributed by atoms with Gasteiger partial charge in [-0.1, -0.05) is 44.2 Å². The smallest absolute Gasteiger partial charge is 0.138 e. The molecule has 0 unspecified atom stereocenters. The summed E-state index contributed by atoms with van der Waals surface area (Å²) < 4.78 is 0. The molecule has 2 aromatic carbocycles. The summed E-state index contributed by atoms with van der Waals surface area (Å²) >= 11 is 0. The van der Waals surface area contributed by atoms with Crippen LogP contribution in [0.15, 0.2) is 36.4 Å². The van der Waals surface area contributed by atoms with E-state index < -0.39 is 0 Å². The minimum Gasteiger partial charge on any atom is -0.338 e. The van der Waals surface area contributed by atoms with Crippen molar-refractivity contribution in [3.05, 3.63) is 53.1 Å². The molecule has 1 aromatic heterocycles. The molecule has 0 aliphatic carbocycles. The summed E-state index contributed by atoms with van der Waals surface area (Å²) in [7, 11) is 0. The fourth-order valence-corrected chi connectivity index (χ4v) is 2.63. The van der Waals surface area contributed by atoms with Gasteiger partial charge in [-0.15, -0.1) is 0 Å². The van der Waals surface area contributed by atoms with E-state index in [0.29, 0.717) is 5.92 Å². The second-order valence-corrected chi connectivity index (χ2v) is 5.84. The number of H-pyrrole nitrogens is 1. The molecular weight excluding hydrogens is 244 g/mol. The van der Waals surface area contributed by atoms with Crippen molar-refractivity contribution < 1.29 is 0 Å². The highest BCUT2D eigenvalue weighted by atomic mass is 14.9. The Morgan fingerprint density at radius 2 is 1.70 bits per heavy atom. The van der Waals surface area contributed by atoms with Crippen LogP contribution in [0, 0.1) is 13.8 Å². The molecule has 3 aromatic rings. The van der Waals surface area contributed by atoms with E-state index in [4.69, 9.17) is 4.98 Å². The number of imidazole rings is 1. The van der Waals surface area contributed by atoms with Crippen LogP contribution in [0.25, 0.3) is 22.4 Å². The maximum Gasteiger partial charge on any atom is 0.138 e. The molecule has 2 heteroatoms. The van der Waals surface area contributed by atoms with Crippen molar-refractivity contribution >= 4 is 11.0 Å². The minimum atomic E-state index is 0.560. The first-order chi connectivity index (χ1) is 9.54. The van der Waals surface area contributed by atoms with Crippen molar-refractivity contribution in [3.8, 4) is 11.4 Å². The van der Waals surface area contributed by atoms with Gasteiger partial charge in [-0.05, 0) is 42.5 Å². The van der Waals surface area contributed by atoms with Crippen LogP contribution in [-0.4, -0.2) is 9.97 Å². The second kappa shape index (κ2) is 4.78. The van der Waals surface area contributed by atoms with Crippen molar-refractivity contribution in [2.24, 2.45) is 0 Å². The Bertz CT molecular complexity index is 749. The normalized spacial score (nSPS) is 11.4. The zero-order chi connectivity index (χ0) is 14.3. The van der Waals surface area contributed by atoms with E-state index in [1.54, 1.807) is 0 Å². The first-order valence-electron chi connectivity index (χ1n) is 7.12. The predicted molar refractivity (Wildman–Crippen MR) is 85.1 cm³/mol. The summed E-state index contributed by atoms with van der Waals surface area (Å²) in [5.74, 6) is 1.51. The monoisotopic (exact) mass is 264 g/mol. The molecule has 0 radical (unpaired) electrons. The van der Waals surface area contributed by atoms with Crippen molar-refractivity contribution in [2.45, 2.75) is 33.6 Å². The van der Waals surface area contributed by atoms with Gasteiger partial charge in [0.1, 0.15) is 5.82 Å². The summed E-state index contributed by atoms with van der Waals surface area (Å²) in [6.45, 7) is 8.65. The van der Waals surface area contributed by atoms with Gasteiger partial charge in [0.2, 0.25) is 0 Å². The quantitative estimate of drug-likeness (QED) is 0.695. The summed E-state index contributed by atoms with van der Waals surface area (Å²) in [5.41, 5.74) is 7.17. The number of hydrogen-bond acceptors (Lipinski definition) is 1. The number of fused-ring (bicyclic) bond motifs is 1. The van der Waals surface area contributed by atoms with Crippen LogP contribution >= 0.6 is 0 Å². The van der Waals surface area contributed by atoms with Crippen molar-refractivity contribution in [1.82, 2.24) is 9.97 Å². The molecule has 0 atom stereocenters. The van der Waals surface area contributed by atoms with Gasteiger partial charge < -0.3 is 4.98 Å². The van der Waals surface area contributed by atoms with Gasteiger partial charge in [0.05, 0.1) is 11.0 Å². The van der Waals surface area contributed by atoms with E-state index in [1.807, 2.05) is 0 Å². The molecule has 0 fully saturated rings. The highest BCUT2D eigenvalue weighted by molar-refractivity contribution is 5.83. The van der Waals surface area contributed by atoms with Crippen molar-refractivity contribution in [3.63, 3.8) is 0 Å². The Hall–Kier alpha value is -2.09. The number of benzene rings is 2. The summed E-state index contributed by atoms with van der Waals surface area (Å²) in [5, 5.41) is 0. The molecule has 0 aliphatic rings. The van der Waals surface area contributed by atoms with E-state index in [2.05, 4.69) is 69.1 Å². The third kappa shape index (κ3) is 2.22. The topological polar surface area (TPSA) is 28.7 Å².